The van der Waals surface area contributed by atoms with Gasteiger partial charge in [-0.3, -0.25) is 4.79 Å². The molecule has 24 heavy (non-hydrogen) atoms. The fraction of sp³-hybridized carbons (Fsp3) is 0.158. The maximum atomic E-state index is 11.1. The number of methoxy groups -OCH3 is 1. The van der Waals surface area contributed by atoms with Crippen LogP contribution >= 0.6 is 11.6 Å². The quantitative estimate of drug-likeness (QED) is 0.783. The number of primary amides is 1. The van der Waals surface area contributed by atoms with Crippen LogP contribution in [0.25, 0.3) is 22.2 Å². The van der Waals surface area contributed by atoms with Crippen molar-refractivity contribution in [1.82, 2.24) is 4.98 Å². The van der Waals surface area contributed by atoms with Crippen LogP contribution in [0.5, 0.6) is 5.75 Å². The molecule has 0 aliphatic rings. The molecule has 0 aliphatic heterocycles. The highest BCUT2D eigenvalue weighted by atomic mass is 35.5. The summed E-state index contributed by atoms with van der Waals surface area (Å²) in [7, 11) is 1.59. The zero-order valence-corrected chi connectivity index (χ0v) is 14.2. The van der Waals surface area contributed by atoms with E-state index in [1.54, 1.807) is 7.11 Å². The SMILES string of the molecule is COc1ccc(-c2cc(C)c3cc(CC(N)=O)ccc3n2)cc1Cl. The molecule has 0 spiro atoms. The van der Waals surface area contributed by atoms with Crippen LogP contribution < -0.4 is 10.5 Å². The maximum Gasteiger partial charge on any atom is 0.221 e. The lowest BCUT2D eigenvalue weighted by Gasteiger charge is -2.10. The number of aryl methyl sites for hydroxylation is 1. The predicted molar refractivity (Wildman–Crippen MR) is 96.4 cm³/mol. The molecule has 2 N–H and O–H groups in total. The fourth-order valence-electron chi connectivity index (χ4n) is 2.73. The van der Waals surface area contributed by atoms with E-state index >= 15 is 0 Å². The number of carbonyl (C=O) groups is 1. The molecule has 0 radical (unpaired) electrons. The standard InChI is InChI=1S/C19H17ClN2O2/c1-11-7-17(13-4-6-18(24-2)15(20)10-13)22-16-5-3-12(8-14(11)16)9-19(21)23/h3-8,10H,9H2,1-2H3,(H2,21,23). The van der Waals surface area contributed by atoms with Gasteiger partial charge in [0.15, 0.2) is 0 Å². The summed E-state index contributed by atoms with van der Waals surface area (Å²) in [4.78, 5) is 15.8. The van der Waals surface area contributed by atoms with E-state index in [4.69, 9.17) is 27.1 Å². The first kappa shape index (κ1) is 16.3. The summed E-state index contributed by atoms with van der Waals surface area (Å²) >= 11 is 6.21. The van der Waals surface area contributed by atoms with Gasteiger partial charge in [0.2, 0.25) is 5.91 Å². The summed E-state index contributed by atoms with van der Waals surface area (Å²) < 4.78 is 5.18. The number of halogens is 1. The van der Waals surface area contributed by atoms with Gasteiger partial charge in [-0.15, -0.1) is 0 Å². The van der Waals surface area contributed by atoms with Crippen molar-refractivity contribution in [3.05, 3.63) is 58.6 Å². The smallest absolute Gasteiger partial charge is 0.221 e. The molecular formula is C19H17ClN2O2. The van der Waals surface area contributed by atoms with Gasteiger partial charge >= 0.3 is 0 Å². The number of hydrogen-bond donors (Lipinski definition) is 1. The minimum Gasteiger partial charge on any atom is -0.495 e. The van der Waals surface area contributed by atoms with Gasteiger partial charge in [-0.05, 0) is 54.4 Å². The molecule has 1 heterocycles. The Balaban J connectivity index is 2.08. The van der Waals surface area contributed by atoms with Crippen molar-refractivity contribution in [3.8, 4) is 17.0 Å². The van der Waals surface area contributed by atoms with Gasteiger partial charge in [-0.25, -0.2) is 4.98 Å². The molecule has 5 heteroatoms. The average Bonchev–Trinajstić information content (AvgIpc) is 2.54. The average molecular weight is 341 g/mol. The second-order valence-corrected chi connectivity index (χ2v) is 6.08. The highest BCUT2D eigenvalue weighted by Gasteiger charge is 2.09. The molecule has 1 amide bonds. The Kier molecular flexibility index (Phi) is 4.40. The molecule has 0 bridgehead atoms. The highest BCUT2D eigenvalue weighted by molar-refractivity contribution is 6.32. The molecule has 3 aromatic rings. The van der Waals surface area contributed by atoms with Crippen molar-refractivity contribution in [3.63, 3.8) is 0 Å². The molecule has 3 rings (SSSR count). The van der Waals surface area contributed by atoms with Crippen molar-refractivity contribution in [2.24, 2.45) is 5.73 Å². The molecule has 1 aromatic heterocycles. The molecule has 0 fully saturated rings. The molecule has 0 unspecified atom stereocenters. The first-order chi connectivity index (χ1) is 11.5. The number of pyridine rings is 1. The van der Waals surface area contributed by atoms with E-state index in [1.807, 2.05) is 49.4 Å². The van der Waals surface area contributed by atoms with Crippen molar-refractivity contribution >= 4 is 28.4 Å². The van der Waals surface area contributed by atoms with Gasteiger partial charge in [0.05, 0.1) is 29.8 Å². The lowest BCUT2D eigenvalue weighted by Crippen LogP contribution is -2.13. The summed E-state index contributed by atoms with van der Waals surface area (Å²) in [5, 5.41) is 1.56. The van der Waals surface area contributed by atoms with E-state index in [0.29, 0.717) is 10.8 Å². The summed E-state index contributed by atoms with van der Waals surface area (Å²) in [6.45, 7) is 2.02. The van der Waals surface area contributed by atoms with Crippen LogP contribution in [0.15, 0.2) is 42.5 Å². The van der Waals surface area contributed by atoms with E-state index in [1.165, 1.54) is 0 Å². The Morgan fingerprint density at radius 2 is 2.00 bits per heavy atom. The first-order valence-corrected chi connectivity index (χ1v) is 7.88. The van der Waals surface area contributed by atoms with Crippen molar-refractivity contribution in [2.45, 2.75) is 13.3 Å². The molecular weight excluding hydrogens is 324 g/mol. The zero-order chi connectivity index (χ0) is 17.3. The third kappa shape index (κ3) is 3.19. The van der Waals surface area contributed by atoms with Crippen LogP contribution in [0.1, 0.15) is 11.1 Å². The van der Waals surface area contributed by atoms with E-state index in [2.05, 4.69) is 0 Å². The zero-order valence-electron chi connectivity index (χ0n) is 13.5. The van der Waals surface area contributed by atoms with Crippen molar-refractivity contribution in [2.75, 3.05) is 7.11 Å². The highest BCUT2D eigenvalue weighted by Crippen LogP contribution is 2.31. The van der Waals surface area contributed by atoms with Gasteiger partial charge < -0.3 is 10.5 Å². The van der Waals surface area contributed by atoms with Gasteiger partial charge in [0, 0.05) is 10.9 Å². The Hall–Kier alpha value is -2.59. The number of rotatable bonds is 4. The van der Waals surface area contributed by atoms with E-state index in [0.717, 1.165) is 33.3 Å². The number of ether oxygens (including phenoxy) is 1. The number of amides is 1. The Morgan fingerprint density at radius 1 is 1.21 bits per heavy atom. The van der Waals surface area contributed by atoms with E-state index in [9.17, 15) is 4.79 Å². The van der Waals surface area contributed by atoms with Crippen molar-refractivity contribution < 1.29 is 9.53 Å². The van der Waals surface area contributed by atoms with E-state index < -0.39 is 0 Å². The minimum absolute atomic E-state index is 0.227. The monoisotopic (exact) mass is 340 g/mol. The lowest BCUT2D eigenvalue weighted by atomic mass is 10.0. The first-order valence-electron chi connectivity index (χ1n) is 7.50. The number of carbonyl (C=O) groups excluding carboxylic acids is 1. The van der Waals surface area contributed by atoms with Crippen LogP contribution in [0.4, 0.5) is 0 Å². The van der Waals surface area contributed by atoms with Gasteiger partial charge in [0.1, 0.15) is 5.75 Å². The van der Waals surface area contributed by atoms with Crippen LogP contribution in [0.2, 0.25) is 5.02 Å². The molecule has 4 nitrogen and oxygen atoms in total. The number of fused-ring (bicyclic) bond motifs is 1. The van der Waals surface area contributed by atoms with E-state index in [-0.39, 0.29) is 12.3 Å². The van der Waals surface area contributed by atoms with Crippen LogP contribution in [-0.4, -0.2) is 18.0 Å². The molecule has 0 aliphatic carbocycles. The Bertz CT molecular complexity index is 938. The number of hydrogen-bond acceptors (Lipinski definition) is 3. The summed E-state index contributed by atoms with van der Waals surface area (Å²) in [6.07, 6.45) is 0.227. The minimum atomic E-state index is -0.343. The predicted octanol–water partition coefficient (Wildman–Crippen LogP) is 3.90. The molecule has 0 saturated carbocycles. The normalized spacial score (nSPS) is 10.8. The topological polar surface area (TPSA) is 65.2 Å². The third-order valence-electron chi connectivity index (χ3n) is 3.91. The molecule has 0 atom stereocenters. The molecule has 0 saturated heterocycles. The van der Waals surface area contributed by atoms with Gasteiger partial charge in [-0.1, -0.05) is 17.7 Å². The largest absolute Gasteiger partial charge is 0.495 e. The molecule has 122 valence electrons. The Labute approximate surface area is 145 Å². The third-order valence-corrected chi connectivity index (χ3v) is 4.20. The summed E-state index contributed by atoms with van der Waals surface area (Å²) in [5.41, 5.74) is 9.86. The van der Waals surface area contributed by atoms with Crippen LogP contribution in [0, 0.1) is 6.92 Å². The Morgan fingerprint density at radius 3 is 2.67 bits per heavy atom. The maximum absolute atomic E-state index is 11.1. The fourth-order valence-corrected chi connectivity index (χ4v) is 2.98. The number of aromatic nitrogens is 1. The lowest BCUT2D eigenvalue weighted by molar-refractivity contribution is -0.117. The summed E-state index contributed by atoms with van der Waals surface area (Å²) in [5.74, 6) is 0.290. The van der Waals surface area contributed by atoms with Crippen molar-refractivity contribution in [1.29, 1.82) is 0 Å². The second-order valence-electron chi connectivity index (χ2n) is 5.67. The van der Waals surface area contributed by atoms with Gasteiger partial charge in [0.25, 0.3) is 0 Å². The summed E-state index contributed by atoms with van der Waals surface area (Å²) in [6, 6.07) is 13.4. The number of nitrogens with two attached hydrogens (primary N) is 1. The number of nitrogens with zero attached hydrogens (tertiary/aromatic N) is 1. The van der Waals surface area contributed by atoms with Gasteiger partial charge in [-0.2, -0.15) is 0 Å². The second kappa shape index (κ2) is 6.49. The van der Waals surface area contributed by atoms with Crippen LogP contribution in [-0.2, 0) is 11.2 Å². The number of benzene rings is 2. The van der Waals surface area contributed by atoms with Crippen LogP contribution in [0.3, 0.4) is 0 Å². The molecule has 2 aromatic carbocycles.